The average molecular weight is 539 g/mol. The largest absolute Gasteiger partial charge is 0.354 e. The molecule has 2 aromatic rings. The van der Waals surface area contributed by atoms with Gasteiger partial charge in [0.2, 0.25) is 11.6 Å². The minimum absolute atomic E-state index is 0.0171. The van der Waals surface area contributed by atoms with Gasteiger partial charge in [-0.25, -0.2) is 0 Å². The Labute approximate surface area is 242 Å². The first kappa shape index (κ1) is 29.6. The topological polar surface area (TPSA) is 35.4 Å². The summed E-state index contributed by atoms with van der Waals surface area (Å²) in [5.74, 6) is 0.159. The number of nitrogens with one attached hydrogen (secondary N) is 1. The van der Waals surface area contributed by atoms with Gasteiger partial charge in [0.25, 0.3) is 0 Å². The molecule has 4 nitrogen and oxygen atoms in total. The number of fused-ring (bicyclic) bond motifs is 2. The molecule has 0 spiro atoms. The van der Waals surface area contributed by atoms with Crippen LogP contribution in [0.2, 0.25) is 0 Å². The molecule has 0 aliphatic carbocycles. The van der Waals surface area contributed by atoms with Crippen LogP contribution < -0.4 is 10.2 Å². The standard InChI is InChI=1S/C36H47N3O/c1-8-38-30-21-16-14-19-28(30)35(4,5)32(38)23-11-9-12-24-33-36(6,7)29-20-15-17-22-31(29)39(33)26-18-10-13-25-34(40)37-27(2)3/h9,11-12,14-17,19-24,27H,8,10,13,18,25-26H2,1-7H3/p+1. The van der Waals surface area contributed by atoms with Gasteiger partial charge in [0, 0.05) is 59.9 Å². The molecule has 40 heavy (non-hydrogen) atoms. The van der Waals surface area contributed by atoms with Crippen molar-refractivity contribution in [1.82, 2.24) is 5.32 Å². The van der Waals surface area contributed by atoms with E-state index in [4.69, 9.17) is 0 Å². The van der Waals surface area contributed by atoms with Gasteiger partial charge in [-0.3, -0.25) is 4.79 Å². The number of amides is 1. The van der Waals surface area contributed by atoms with Gasteiger partial charge in [-0.1, -0.05) is 68.5 Å². The Balaban J connectivity index is 1.49. The number of likely N-dealkylation sites (N-methyl/N-ethyl adjacent to an activating group) is 1. The van der Waals surface area contributed by atoms with E-state index in [1.54, 1.807) is 0 Å². The maximum Gasteiger partial charge on any atom is 0.220 e. The van der Waals surface area contributed by atoms with Crippen molar-refractivity contribution < 1.29 is 9.37 Å². The van der Waals surface area contributed by atoms with Gasteiger partial charge in [0.1, 0.15) is 6.54 Å². The summed E-state index contributed by atoms with van der Waals surface area (Å²) >= 11 is 0. The second-order valence-corrected chi connectivity index (χ2v) is 12.4. The lowest BCUT2D eigenvalue weighted by Crippen LogP contribution is -2.29. The van der Waals surface area contributed by atoms with Crippen LogP contribution in [-0.2, 0) is 15.6 Å². The number of unbranched alkanes of at least 4 members (excludes halogenated alkanes) is 2. The Morgan fingerprint density at radius 1 is 0.900 bits per heavy atom. The Morgan fingerprint density at radius 2 is 1.60 bits per heavy atom. The zero-order valence-corrected chi connectivity index (χ0v) is 25.6. The maximum absolute atomic E-state index is 12.0. The number of hydrogen-bond donors (Lipinski definition) is 1. The molecule has 2 aliphatic rings. The lowest BCUT2D eigenvalue weighted by atomic mass is 9.81. The van der Waals surface area contributed by atoms with Crippen LogP contribution in [0.3, 0.4) is 0 Å². The molecule has 0 bridgehead atoms. The van der Waals surface area contributed by atoms with Crippen LogP contribution in [0.5, 0.6) is 0 Å². The molecule has 0 saturated heterocycles. The fourth-order valence-electron chi connectivity index (χ4n) is 6.35. The monoisotopic (exact) mass is 538 g/mol. The van der Waals surface area contributed by atoms with Crippen LogP contribution in [0.4, 0.5) is 11.4 Å². The summed E-state index contributed by atoms with van der Waals surface area (Å²) in [6, 6.07) is 17.8. The normalized spacial score (nSPS) is 18.4. The first-order valence-corrected chi connectivity index (χ1v) is 15.1. The first-order valence-electron chi connectivity index (χ1n) is 15.1. The van der Waals surface area contributed by atoms with E-state index in [0.29, 0.717) is 6.42 Å². The van der Waals surface area contributed by atoms with Crippen molar-refractivity contribution in [1.29, 1.82) is 0 Å². The lowest BCUT2D eigenvalue weighted by molar-refractivity contribution is -0.438. The predicted octanol–water partition coefficient (Wildman–Crippen LogP) is 7.96. The Morgan fingerprint density at radius 3 is 2.33 bits per heavy atom. The predicted molar refractivity (Wildman–Crippen MR) is 170 cm³/mol. The average Bonchev–Trinajstić information content (AvgIpc) is 3.26. The van der Waals surface area contributed by atoms with Crippen molar-refractivity contribution in [2.45, 2.75) is 91.0 Å². The molecule has 1 N–H and O–H groups in total. The number of hydrogen-bond acceptors (Lipinski definition) is 2. The summed E-state index contributed by atoms with van der Waals surface area (Å²) < 4.78 is 2.49. The molecule has 1 amide bonds. The van der Waals surface area contributed by atoms with Gasteiger partial charge in [0.15, 0.2) is 5.71 Å². The maximum atomic E-state index is 12.0. The highest BCUT2D eigenvalue weighted by Gasteiger charge is 2.43. The van der Waals surface area contributed by atoms with Gasteiger partial charge in [-0.05, 0) is 65.2 Å². The number of carbonyl (C=O) groups excluding carboxylic acids is 1. The van der Waals surface area contributed by atoms with E-state index in [9.17, 15) is 4.79 Å². The number of anilines is 1. The van der Waals surface area contributed by atoms with Crippen LogP contribution in [0, 0.1) is 0 Å². The van der Waals surface area contributed by atoms with Gasteiger partial charge in [-0.2, -0.15) is 4.58 Å². The summed E-state index contributed by atoms with van der Waals surface area (Å²) in [5, 5.41) is 3.00. The molecule has 0 aromatic heterocycles. The van der Waals surface area contributed by atoms with Gasteiger partial charge >= 0.3 is 0 Å². The summed E-state index contributed by atoms with van der Waals surface area (Å²) in [6.07, 6.45) is 14.7. The summed E-state index contributed by atoms with van der Waals surface area (Å²) in [7, 11) is 0. The highest BCUT2D eigenvalue weighted by molar-refractivity contribution is 6.03. The molecule has 4 rings (SSSR count). The highest BCUT2D eigenvalue weighted by Crippen LogP contribution is 2.47. The number of para-hydroxylation sites is 2. The molecule has 0 atom stereocenters. The third-order valence-corrected chi connectivity index (χ3v) is 8.38. The van der Waals surface area contributed by atoms with E-state index in [-0.39, 0.29) is 22.8 Å². The molecule has 0 radical (unpaired) electrons. The van der Waals surface area contributed by atoms with Gasteiger partial charge < -0.3 is 10.2 Å². The summed E-state index contributed by atoms with van der Waals surface area (Å²) in [5.41, 5.74) is 7.98. The number of benzene rings is 2. The number of carbonyl (C=O) groups is 1. The van der Waals surface area contributed by atoms with Crippen molar-refractivity contribution in [3.05, 3.63) is 95.7 Å². The Bertz CT molecular complexity index is 1340. The van der Waals surface area contributed by atoms with Crippen molar-refractivity contribution in [2.24, 2.45) is 0 Å². The van der Waals surface area contributed by atoms with Gasteiger partial charge in [-0.15, -0.1) is 0 Å². The van der Waals surface area contributed by atoms with E-state index in [2.05, 4.69) is 128 Å². The van der Waals surface area contributed by atoms with Gasteiger partial charge in [0.05, 0.1) is 5.41 Å². The third kappa shape index (κ3) is 6.01. The molecular weight excluding hydrogens is 490 g/mol. The lowest BCUT2D eigenvalue weighted by Gasteiger charge is -2.25. The number of nitrogens with zero attached hydrogens (tertiary/aromatic N) is 2. The van der Waals surface area contributed by atoms with Crippen molar-refractivity contribution >= 4 is 23.0 Å². The summed E-state index contributed by atoms with van der Waals surface area (Å²) in [4.78, 5) is 14.4. The zero-order chi connectivity index (χ0) is 28.9. The van der Waals surface area contributed by atoms with Crippen molar-refractivity contribution in [2.75, 3.05) is 18.0 Å². The van der Waals surface area contributed by atoms with Crippen LogP contribution in [0.15, 0.2) is 84.6 Å². The van der Waals surface area contributed by atoms with Crippen LogP contribution in [0.1, 0.15) is 85.3 Å². The molecule has 4 heteroatoms. The van der Waals surface area contributed by atoms with E-state index in [1.165, 1.54) is 33.9 Å². The molecule has 2 heterocycles. The van der Waals surface area contributed by atoms with Crippen molar-refractivity contribution in [3.8, 4) is 0 Å². The second-order valence-electron chi connectivity index (χ2n) is 12.4. The number of allylic oxidation sites excluding steroid dienone is 6. The molecule has 2 aliphatic heterocycles. The minimum Gasteiger partial charge on any atom is -0.354 e. The molecule has 212 valence electrons. The molecule has 0 saturated carbocycles. The molecule has 0 unspecified atom stereocenters. The van der Waals surface area contributed by atoms with E-state index in [0.717, 1.165) is 32.4 Å². The van der Waals surface area contributed by atoms with E-state index < -0.39 is 0 Å². The molecule has 2 aromatic carbocycles. The number of rotatable bonds is 11. The Hall–Kier alpha value is -3.40. The second kappa shape index (κ2) is 12.4. The van der Waals surface area contributed by atoms with Crippen LogP contribution >= 0.6 is 0 Å². The molecular formula is C36H48N3O+. The van der Waals surface area contributed by atoms with Crippen LogP contribution in [-0.4, -0.2) is 35.3 Å². The van der Waals surface area contributed by atoms with Crippen LogP contribution in [0.25, 0.3) is 0 Å². The quantitative estimate of drug-likeness (QED) is 0.179. The SMILES string of the molecule is CCN1/C(=C/C=C/C=C/C2=[N+](CCCCCC(=O)NC(C)C)c3ccccc3C2(C)C)C(C)(C)c2ccccc21. The smallest absolute Gasteiger partial charge is 0.220 e. The minimum atomic E-state index is -0.0648. The Kier molecular flexibility index (Phi) is 9.18. The fourth-order valence-corrected chi connectivity index (χ4v) is 6.35. The third-order valence-electron chi connectivity index (χ3n) is 8.38. The zero-order valence-electron chi connectivity index (χ0n) is 25.6. The highest BCUT2D eigenvalue weighted by atomic mass is 16.1. The first-order chi connectivity index (χ1) is 19.1. The molecule has 0 fully saturated rings. The van der Waals surface area contributed by atoms with E-state index in [1.807, 2.05) is 13.8 Å². The van der Waals surface area contributed by atoms with Crippen molar-refractivity contribution in [3.63, 3.8) is 0 Å². The fraction of sp³-hybridized carbons (Fsp3) is 0.444. The van der Waals surface area contributed by atoms with E-state index >= 15 is 0 Å². The summed E-state index contributed by atoms with van der Waals surface area (Å²) in [6.45, 7) is 17.4.